The Hall–Kier alpha value is -4.94. The molecule has 3 aromatic carbocycles. The van der Waals surface area contributed by atoms with E-state index < -0.39 is 52.6 Å². The van der Waals surface area contributed by atoms with Gasteiger partial charge in [-0.25, -0.2) is 0 Å². The van der Waals surface area contributed by atoms with Crippen LogP contribution in [0.25, 0.3) is 16.5 Å². The summed E-state index contributed by atoms with van der Waals surface area (Å²) in [4.78, 5) is 27.7. The Morgan fingerprint density at radius 2 is 1.53 bits per heavy atom. The van der Waals surface area contributed by atoms with Gasteiger partial charge in [-0.2, -0.15) is 26.3 Å². The first-order chi connectivity index (χ1) is 20.0. The second kappa shape index (κ2) is 11.4. The van der Waals surface area contributed by atoms with Crippen molar-refractivity contribution >= 4 is 34.0 Å². The Balaban J connectivity index is 1.78. The van der Waals surface area contributed by atoms with Crippen LogP contribution in [0.4, 0.5) is 32.0 Å². The summed E-state index contributed by atoms with van der Waals surface area (Å²) in [6, 6.07) is 10.1. The lowest BCUT2D eigenvalue weighted by atomic mass is 10.0. The van der Waals surface area contributed by atoms with Gasteiger partial charge in [0.15, 0.2) is 0 Å². The molecule has 7 nitrogen and oxygen atoms in total. The number of hydrogen-bond acceptors (Lipinski definition) is 4. The fourth-order valence-electron chi connectivity index (χ4n) is 4.48. The molecular weight excluding hydrogens is 580 g/mol. The van der Waals surface area contributed by atoms with Gasteiger partial charge < -0.3 is 25.0 Å². The quantitative estimate of drug-likeness (QED) is 0.0975. The molecule has 13 heteroatoms. The Morgan fingerprint density at radius 3 is 2.12 bits per heavy atom. The smallest absolute Gasteiger partial charge is 0.416 e. The second-order valence-corrected chi connectivity index (χ2v) is 9.86. The summed E-state index contributed by atoms with van der Waals surface area (Å²) >= 11 is 0. The molecule has 1 atom stereocenters. The van der Waals surface area contributed by atoms with Crippen molar-refractivity contribution in [2.45, 2.75) is 25.3 Å². The fourth-order valence-corrected chi connectivity index (χ4v) is 4.48. The van der Waals surface area contributed by atoms with E-state index >= 15 is 0 Å². The van der Waals surface area contributed by atoms with Gasteiger partial charge in [0.2, 0.25) is 0 Å². The van der Waals surface area contributed by atoms with Crippen molar-refractivity contribution in [3.8, 4) is 11.5 Å². The van der Waals surface area contributed by atoms with Crippen LogP contribution >= 0.6 is 0 Å². The number of phenolic OH excluding ortho intramolecular Hbond substituents is 2. The fraction of sp³-hybridized carbons (Fsp3) is 0.200. The van der Waals surface area contributed by atoms with Crippen molar-refractivity contribution in [3.63, 3.8) is 0 Å². The van der Waals surface area contributed by atoms with Crippen LogP contribution in [0, 0.1) is 0 Å². The predicted octanol–water partition coefficient (Wildman–Crippen LogP) is 6.81. The van der Waals surface area contributed by atoms with E-state index in [1.165, 1.54) is 32.2 Å². The van der Waals surface area contributed by atoms with Crippen molar-refractivity contribution in [1.29, 1.82) is 0 Å². The minimum atomic E-state index is -5.14. The maximum absolute atomic E-state index is 13.6. The third-order valence-corrected chi connectivity index (χ3v) is 6.84. The molecular formula is C30H25F6N3O4. The minimum absolute atomic E-state index is 0.00329. The lowest BCUT2D eigenvalue weighted by molar-refractivity contribution is -0.143. The highest BCUT2D eigenvalue weighted by atomic mass is 19.4. The second-order valence-electron chi connectivity index (χ2n) is 9.86. The first-order valence-corrected chi connectivity index (χ1v) is 12.6. The Morgan fingerprint density at radius 1 is 0.930 bits per heavy atom. The number of rotatable bonds is 6. The lowest BCUT2D eigenvalue weighted by Crippen LogP contribution is -2.35. The summed E-state index contributed by atoms with van der Waals surface area (Å²) in [6.07, 6.45) is -7.30. The molecule has 1 heterocycles. The van der Waals surface area contributed by atoms with Crippen LogP contribution < -0.4 is 5.32 Å². The average Bonchev–Trinajstić information content (AvgIpc) is 3.27. The van der Waals surface area contributed by atoms with E-state index in [-0.39, 0.29) is 23.1 Å². The number of fused-ring (bicyclic) bond motifs is 1. The van der Waals surface area contributed by atoms with Crippen molar-refractivity contribution in [2.75, 3.05) is 12.4 Å². The molecule has 0 spiro atoms. The number of benzene rings is 3. The summed E-state index contributed by atoms with van der Waals surface area (Å²) in [5, 5.41) is 22.9. The highest BCUT2D eigenvalue weighted by molar-refractivity contribution is 6.28. The normalized spacial score (nSPS) is 13.2. The number of aromatic nitrogens is 1. The lowest BCUT2D eigenvalue weighted by Gasteiger charge is -2.24. The van der Waals surface area contributed by atoms with Crippen molar-refractivity contribution in [2.24, 2.45) is 7.05 Å². The monoisotopic (exact) mass is 605 g/mol. The third-order valence-electron chi connectivity index (χ3n) is 6.84. The number of amides is 2. The van der Waals surface area contributed by atoms with E-state index in [2.05, 4.69) is 5.32 Å². The molecule has 226 valence electrons. The molecule has 4 aromatic rings. The van der Waals surface area contributed by atoms with Crippen molar-refractivity contribution in [1.82, 2.24) is 9.47 Å². The summed E-state index contributed by atoms with van der Waals surface area (Å²) in [6.45, 7) is 1.44. The van der Waals surface area contributed by atoms with Gasteiger partial charge in [-0.3, -0.25) is 9.59 Å². The molecule has 4 rings (SSSR count). The van der Waals surface area contributed by atoms with Gasteiger partial charge in [-0.1, -0.05) is 18.2 Å². The summed E-state index contributed by atoms with van der Waals surface area (Å²) in [7, 11) is 2.92. The predicted molar refractivity (Wildman–Crippen MR) is 147 cm³/mol. The van der Waals surface area contributed by atoms with Crippen LogP contribution in [0.3, 0.4) is 0 Å². The molecule has 0 aliphatic carbocycles. The van der Waals surface area contributed by atoms with Crippen LogP contribution in [-0.4, -0.2) is 44.6 Å². The third kappa shape index (κ3) is 6.60. The van der Waals surface area contributed by atoms with Gasteiger partial charge in [-0.15, -0.1) is 0 Å². The standard InChI is InChI=1S/C30H25F6N3O4/c1-16(39(3)28(43)17-11-18(29(31,32)33)13-19(12-17)30(34,35)36)10-22(23-15-38(2)25-7-5-4-6-21(23)25)27(42)37-24-9-8-20(40)14-26(24)41/h4-16,40-41H,1-3H3,(H,37,42)/t16-/m0/s1. The molecule has 0 saturated carbocycles. The molecule has 0 aliphatic rings. The van der Waals surface area contributed by atoms with Crippen LogP contribution in [0.1, 0.15) is 34.0 Å². The van der Waals surface area contributed by atoms with Crippen LogP contribution in [0.2, 0.25) is 0 Å². The Kier molecular flexibility index (Phi) is 8.21. The first-order valence-electron chi connectivity index (χ1n) is 12.6. The van der Waals surface area contributed by atoms with E-state index in [1.54, 1.807) is 42.1 Å². The van der Waals surface area contributed by atoms with Crippen LogP contribution in [0.5, 0.6) is 11.5 Å². The van der Waals surface area contributed by atoms with Gasteiger partial charge in [0, 0.05) is 60.0 Å². The van der Waals surface area contributed by atoms with E-state index in [0.717, 1.165) is 16.5 Å². The molecule has 3 N–H and O–H groups in total. The highest BCUT2D eigenvalue weighted by Crippen LogP contribution is 2.37. The molecule has 0 aliphatic heterocycles. The first kappa shape index (κ1) is 31.0. The minimum Gasteiger partial charge on any atom is -0.508 e. The van der Waals surface area contributed by atoms with E-state index in [0.29, 0.717) is 23.1 Å². The Bertz CT molecular complexity index is 1710. The zero-order valence-corrected chi connectivity index (χ0v) is 22.9. The van der Waals surface area contributed by atoms with Gasteiger partial charge in [0.25, 0.3) is 11.8 Å². The van der Waals surface area contributed by atoms with Crippen LogP contribution in [-0.2, 0) is 24.2 Å². The molecule has 0 saturated heterocycles. The number of nitrogens with zero attached hydrogens (tertiary/aromatic N) is 2. The van der Waals surface area contributed by atoms with E-state index in [4.69, 9.17) is 0 Å². The number of aryl methyl sites for hydroxylation is 1. The molecule has 43 heavy (non-hydrogen) atoms. The maximum atomic E-state index is 13.6. The number of phenols is 2. The topological polar surface area (TPSA) is 94.8 Å². The number of hydrogen-bond donors (Lipinski definition) is 3. The molecule has 0 fully saturated rings. The van der Waals surface area contributed by atoms with Crippen LogP contribution in [0.15, 0.2) is 72.9 Å². The molecule has 0 bridgehead atoms. The zero-order valence-electron chi connectivity index (χ0n) is 22.9. The maximum Gasteiger partial charge on any atom is 0.416 e. The van der Waals surface area contributed by atoms with E-state index in [1.807, 2.05) is 0 Å². The number of carbonyl (C=O) groups excluding carboxylic acids is 2. The number of likely N-dealkylation sites (N-methyl/N-ethyl adjacent to an activating group) is 1. The van der Waals surface area contributed by atoms with Crippen molar-refractivity contribution < 1.29 is 46.1 Å². The zero-order chi connectivity index (χ0) is 31.9. The number of anilines is 1. The van der Waals surface area contributed by atoms with E-state index in [9.17, 15) is 46.1 Å². The average molecular weight is 606 g/mol. The molecule has 0 unspecified atom stereocenters. The summed E-state index contributed by atoms with van der Waals surface area (Å²) in [5.74, 6) is -2.58. The number of nitrogens with one attached hydrogen (secondary N) is 1. The molecule has 1 aromatic heterocycles. The summed E-state index contributed by atoms with van der Waals surface area (Å²) in [5.41, 5.74) is -3.01. The SMILES string of the molecule is C[C@@H](C=C(C(=O)Nc1ccc(O)cc1O)c1cn(C)c2ccccc12)N(C)C(=O)c1cc(C(F)(F)F)cc(C(F)(F)F)c1. The number of para-hydroxylation sites is 1. The highest BCUT2D eigenvalue weighted by Gasteiger charge is 2.38. The number of alkyl halides is 6. The number of aromatic hydroxyl groups is 2. The number of carbonyl (C=O) groups is 2. The van der Waals surface area contributed by atoms with Gasteiger partial charge in [-0.05, 0) is 49.4 Å². The molecule has 0 radical (unpaired) electrons. The molecule has 2 amide bonds. The number of halogens is 6. The summed E-state index contributed by atoms with van der Waals surface area (Å²) < 4.78 is 82.1. The van der Waals surface area contributed by atoms with Gasteiger partial charge in [0.1, 0.15) is 11.5 Å². The van der Waals surface area contributed by atoms with Gasteiger partial charge in [0.05, 0.1) is 16.8 Å². The largest absolute Gasteiger partial charge is 0.508 e. The Labute approximate surface area is 241 Å². The van der Waals surface area contributed by atoms with Gasteiger partial charge >= 0.3 is 12.4 Å². The van der Waals surface area contributed by atoms with Crippen molar-refractivity contribution in [3.05, 3.63) is 95.2 Å².